The molecule has 0 saturated carbocycles. The highest BCUT2D eigenvalue weighted by Gasteiger charge is 2.22. The number of hydrogen-bond donors (Lipinski definition) is 1. The van der Waals surface area contributed by atoms with Gasteiger partial charge in [-0.25, -0.2) is 4.68 Å². The lowest BCUT2D eigenvalue weighted by Crippen LogP contribution is -2.04. The van der Waals surface area contributed by atoms with Gasteiger partial charge in [-0.15, -0.1) is 0 Å². The van der Waals surface area contributed by atoms with Crippen molar-refractivity contribution in [2.75, 3.05) is 13.7 Å². The van der Waals surface area contributed by atoms with E-state index in [1.807, 2.05) is 31.2 Å². The summed E-state index contributed by atoms with van der Waals surface area (Å²) in [4.78, 5) is 0. The van der Waals surface area contributed by atoms with E-state index in [9.17, 15) is 5.11 Å². The van der Waals surface area contributed by atoms with Crippen LogP contribution in [0.25, 0.3) is 0 Å². The van der Waals surface area contributed by atoms with Crippen molar-refractivity contribution in [2.24, 2.45) is 7.05 Å². The molecule has 0 aliphatic heterocycles. The average molecular weight is 290 g/mol. The van der Waals surface area contributed by atoms with E-state index in [-0.39, 0.29) is 0 Å². The van der Waals surface area contributed by atoms with E-state index in [0.717, 1.165) is 23.4 Å². The zero-order valence-corrected chi connectivity index (χ0v) is 13.0. The largest absolute Gasteiger partial charge is 0.494 e. The molecule has 1 aromatic heterocycles. The first-order valence-electron chi connectivity index (χ1n) is 7.06. The van der Waals surface area contributed by atoms with E-state index in [2.05, 4.69) is 12.0 Å². The summed E-state index contributed by atoms with van der Waals surface area (Å²) in [7, 11) is 3.37. The lowest BCUT2D eigenvalue weighted by atomic mass is 10.0. The molecule has 2 rings (SSSR count). The fourth-order valence-corrected chi connectivity index (χ4v) is 2.34. The summed E-state index contributed by atoms with van der Waals surface area (Å²) in [6, 6.07) is 7.46. The van der Waals surface area contributed by atoms with Gasteiger partial charge in [0.05, 0.1) is 25.0 Å². The number of nitrogens with zero attached hydrogens (tertiary/aromatic N) is 2. The van der Waals surface area contributed by atoms with Gasteiger partial charge in [0, 0.05) is 7.05 Å². The molecular formula is C16H22N2O3. The average Bonchev–Trinajstić information content (AvgIpc) is 2.78. The van der Waals surface area contributed by atoms with Crippen LogP contribution in [0.2, 0.25) is 0 Å². The fourth-order valence-electron chi connectivity index (χ4n) is 2.34. The van der Waals surface area contributed by atoms with Crippen LogP contribution < -0.4 is 9.47 Å². The predicted molar refractivity (Wildman–Crippen MR) is 80.8 cm³/mol. The normalized spacial score (nSPS) is 12.2. The van der Waals surface area contributed by atoms with Crippen molar-refractivity contribution in [3.8, 4) is 11.6 Å². The molecule has 0 radical (unpaired) electrons. The van der Waals surface area contributed by atoms with Crippen molar-refractivity contribution in [1.29, 1.82) is 0 Å². The molecule has 0 fully saturated rings. The Kier molecular flexibility index (Phi) is 4.85. The van der Waals surface area contributed by atoms with Crippen molar-refractivity contribution in [1.82, 2.24) is 9.78 Å². The van der Waals surface area contributed by atoms with Gasteiger partial charge < -0.3 is 14.6 Å². The smallest absolute Gasteiger partial charge is 0.217 e. The summed E-state index contributed by atoms with van der Waals surface area (Å²) in [6.07, 6.45) is 0.199. The van der Waals surface area contributed by atoms with Crippen LogP contribution >= 0.6 is 0 Å². The van der Waals surface area contributed by atoms with E-state index in [1.54, 1.807) is 18.8 Å². The molecule has 0 aliphatic rings. The van der Waals surface area contributed by atoms with Crippen LogP contribution in [0.15, 0.2) is 24.3 Å². The van der Waals surface area contributed by atoms with Gasteiger partial charge in [-0.2, -0.15) is 5.10 Å². The Balaban J connectivity index is 2.25. The molecule has 21 heavy (non-hydrogen) atoms. The fraction of sp³-hybridized carbons (Fsp3) is 0.438. The molecule has 1 aromatic carbocycles. The van der Waals surface area contributed by atoms with Gasteiger partial charge in [0.1, 0.15) is 11.9 Å². The van der Waals surface area contributed by atoms with Crippen LogP contribution in [0, 0.1) is 6.92 Å². The van der Waals surface area contributed by atoms with Crippen molar-refractivity contribution in [3.63, 3.8) is 0 Å². The van der Waals surface area contributed by atoms with E-state index < -0.39 is 6.10 Å². The molecule has 2 aromatic rings. The van der Waals surface area contributed by atoms with Crippen molar-refractivity contribution in [2.45, 2.75) is 26.4 Å². The number of hydrogen-bond acceptors (Lipinski definition) is 4. The second-order valence-electron chi connectivity index (χ2n) is 4.95. The van der Waals surface area contributed by atoms with Gasteiger partial charge in [-0.05, 0) is 31.0 Å². The third-order valence-corrected chi connectivity index (χ3v) is 3.35. The molecule has 1 heterocycles. The van der Waals surface area contributed by atoms with Crippen LogP contribution in [0.1, 0.15) is 36.3 Å². The molecule has 5 heteroatoms. The maximum Gasteiger partial charge on any atom is 0.217 e. The first-order chi connectivity index (χ1) is 10.1. The molecule has 1 unspecified atom stereocenters. The van der Waals surface area contributed by atoms with Crippen molar-refractivity contribution in [3.05, 3.63) is 41.1 Å². The highest BCUT2D eigenvalue weighted by Crippen LogP contribution is 2.32. The Morgan fingerprint density at radius 3 is 2.52 bits per heavy atom. The molecule has 0 bridgehead atoms. The van der Waals surface area contributed by atoms with Crippen LogP contribution in [0.5, 0.6) is 11.6 Å². The molecule has 0 saturated heterocycles. The molecule has 0 aliphatic carbocycles. The minimum absolute atomic E-state index is 0.575. The molecule has 5 nitrogen and oxygen atoms in total. The number of aliphatic hydroxyl groups excluding tert-OH is 1. The van der Waals surface area contributed by atoms with Crippen molar-refractivity contribution < 1.29 is 14.6 Å². The minimum atomic E-state index is -0.770. The lowest BCUT2D eigenvalue weighted by Gasteiger charge is -2.13. The summed E-state index contributed by atoms with van der Waals surface area (Å²) in [6.45, 7) is 4.62. The van der Waals surface area contributed by atoms with E-state index in [4.69, 9.17) is 9.47 Å². The topological polar surface area (TPSA) is 56.5 Å². The Morgan fingerprint density at radius 2 is 1.95 bits per heavy atom. The number of rotatable bonds is 6. The summed E-state index contributed by atoms with van der Waals surface area (Å²) in [5.41, 5.74) is 2.24. The van der Waals surface area contributed by atoms with Crippen LogP contribution in [-0.2, 0) is 7.05 Å². The van der Waals surface area contributed by atoms with Crippen molar-refractivity contribution >= 4 is 0 Å². The van der Waals surface area contributed by atoms with Gasteiger partial charge in [-0.3, -0.25) is 0 Å². The van der Waals surface area contributed by atoms with Gasteiger partial charge >= 0.3 is 0 Å². The standard InChI is InChI=1S/C16H22N2O3/c1-5-10-21-13-8-6-12(7-9-13)15(19)14-11(2)17-18(3)16(14)20-4/h6-9,15,19H,5,10H2,1-4H3. The highest BCUT2D eigenvalue weighted by molar-refractivity contribution is 5.40. The number of aromatic nitrogens is 2. The van der Waals surface area contributed by atoms with E-state index in [1.165, 1.54) is 0 Å². The number of methoxy groups -OCH3 is 1. The van der Waals surface area contributed by atoms with Gasteiger partial charge in [0.2, 0.25) is 5.88 Å². The third kappa shape index (κ3) is 3.19. The van der Waals surface area contributed by atoms with E-state index >= 15 is 0 Å². The monoisotopic (exact) mass is 290 g/mol. The molecular weight excluding hydrogens is 268 g/mol. The summed E-state index contributed by atoms with van der Waals surface area (Å²) < 4.78 is 12.5. The number of benzene rings is 1. The van der Waals surface area contributed by atoms with Crippen LogP contribution in [0.3, 0.4) is 0 Å². The van der Waals surface area contributed by atoms with Crippen LogP contribution in [-0.4, -0.2) is 28.6 Å². The van der Waals surface area contributed by atoms with Gasteiger partial charge in [0.25, 0.3) is 0 Å². The highest BCUT2D eigenvalue weighted by atomic mass is 16.5. The Hall–Kier alpha value is -2.01. The number of ether oxygens (including phenoxy) is 2. The number of aryl methyl sites for hydroxylation is 2. The lowest BCUT2D eigenvalue weighted by molar-refractivity contribution is 0.212. The molecule has 0 amide bonds. The Labute approximate surface area is 125 Å². The van der Waals surface area contributed by atoms with Gasteiger partial charge in [-0.1, -0.05) is 19.1 Å². The second kappa shape index (κ2) is 6.63. The SMILES string of the molecule is CCCOc1ccc(C(O)c2c(C)nn(C)c2OC)cc1. The Bertz CT molecular complexity index is 590. The number of aliphatic hydroxyl groups is 1. The molecule has 1 N–H and O–H groups in total. The molecule has 0 spiro atoms. The van der Waals surface area contributed by atoms with Gasteiger partial charge in [0.15, 0.2) is 0 Å². The first-order valence-corrected chi connectivity index (χ1v) is 7.06. The first kappa shape index (κ1) is 15.4. The second-order valence-corrected chi connectivity index (χ2v) is 4.95. The molecule has 1 atom stereocenters. The maximum atomic E-state index is 10.6. The zero-order valence-electron chi connectivity index (χ0n) is 13.0. The maximum absolute atomic E-state index is 10.6. The van der Waals surface area contributed by atoms with E-state index in [0.29, 0.717) is 18.1 Å². The quantitative estimate of drug-likeness (QED) is 0.888. The predicted octanol–water partition coefficient (Wildman–Crippen LogP) is 2.61. The third-order valence-electron chi connectivity index (χ3n) is 3.35. The Morgan fingerprint density at radius 1 is 1.29 bits per heavy atom. The van der Waals surface area contributed by atoms with Crippen LogP contribution in [0.4, 0.5) is 0 Å². The minimum Gasteiger partial charge on any atom is -0.494 e. The summed E-state index contributed by atoms with van der Waals surface area (Å²) in [5, 5.41) is 14.9. The molecule has 114 valence electrons. The summed E-state index contributed by atoms with van der Waals surface area (Å²) in [5.74, 6) is 1.38. The summed E-state index contributed by atoms with van der Waals surface area (Å²) >= 11 is 0. The zero-order chi connectivity index (χ0) is 15.4.